The Kier molecular flexibility index (Phi) is 6.12. The molecule has 1 atom stereocenters. The molecule has 1 unspecified atom stereocenters. The summed E-state index contributed by atoms with van der Waals surface area (Å²) in [6, 6.07) is 17.8. The minimum Gasteiger partial charge on any atom is -0.459 e. The first kappa shape index (κ1) is 21.0. The van der Waals surface area contributed by atoms with Gasteiger partial charge in [0.05, 0.1) is 17.4 Å². The highest BCUT2D eigenvalue weighted by molar-refractivity contribution is 6.22. The summed E-state index contributed by atoms with van der Waals surface area (Å²) in [6.07, 6.45) is 1.57. The van der Waals surface area contributed by atoms with E-state index in [2.05, 4.69) is 10.6 Å². The molecular weight excluding hydrogens is 410 g/mol. The molecule has 0 aliphatic carbocycles. The van der Waals surface area contributed by atoms with Crippen molar-refractivity contribution in [2.75, 3.05) is 13.1 Å². The van der Waals surface area contributed by atoms with Crippen molar-refractivity contribution < 1.29 is 23.6 Å². The van der Waals surface area contributed by atoms with Crippen LogP contribution in [0.1, 0.15) is 36.8 Å². The Labute approximate surface area is 184 Å². The lowest BCUT2D eigenvalue weighted by Gasteiger charge is -2.25. The van der Waals surface area contributed by atoms with E-state index in [4.69, 9.17) is 4.42 Å². The van der Waals surface area contributed by atoms with Crippen molar-refractivity contribution in [3.8, 4) is 0 Å². The number of amides is 4. The number of furan rings is 1. The number of nitrogens with one attached hydrogen (secondary N) is 2. The van der Waals surface area contributed by atoms with Crippen molar-refractivity contribution in [1.29, 1.82) is 0 Å². The van der Waals surface area contributed by atoms with Gasteiger partial charge in [0, 0.05) is 19.5 Å². The SMILES string of the molecule is O=C(NCCNC(=O)C(Cc1ccccc1)N1C(=O)c2ccccc2C1=O)c1ccco1. The molecule has 0 bridgehead atoms. The van der Waals surface area contributed by atoms with Crippen molar-refractivity contribution in [1.82, 2.24) is 15.5 Å². The molecule has 4 amide bonds. The molecule has 0 saturated carbocycles. The van der Waals surface area contributed by atoms with Crippen LogP contribution in [0.15, 0.2) is 77.4 Å². The van der Waals surface area contributed by atoms with Gasteiger partial charge in [-0.25, -0.2) is 0 Å². The summed E-state index contributed by atoms with van der Waals surface area (Å²) in [4.78, 5) is 51.9. The highest BCUT2D eigenvalue weighted by Crippen LogP contribution is 2.26. The van der Waals surface area contributed by atoms with Crippen molar-refractivity contribution in [3.63, 3.8) is 0 Å². The quantitative estimate of drug-likeness (QED) is 0.419. The van der Waals surface area contributed by atoms with E-state index in [1.165, 1.54) is 12.3 Å². The monoisotopic (exact) mass is 431 g/mol. The molecule has 32 heavy (non-hydrogen) atoms. The predicted molar refractivity (Wildman–Crippen MR) is 115 cm³/mol. The fourth-order valence-electron chi connectivity index (χ4n) is 3.60. The van der Waals surface area contributed by atoms with Crippen molar-refractivity contribution in [3.05, 3.63) is 95.4 Å². The Morgan fingerprint density at radius 3 is 2.06 bits per heavy atom. The number of carbonyl (C=O) groups is 4. The van der Waals surface area contributed by atoms with Gasteiger partial charge in [-0.05, 0) is 29.8 Å². The van der Waals surface area contributed by atoms with E-state index in [0.29, 0.717) is 0 Å². The summed E-state index contributed by atoms with van der Waals surface area (Å²) in [5.41, 5.74) is 1.39. The van der Waals surface area contributed by atoms with Crippen LogP contribution < -0.4 is 10.6 Å². The molecule has 0 spiro atoms. The predicted octanol–water partition coefficient (Wildman–Crippen LogP) is 2.03. The van der Waals surface area contributed by atoms with E-state index in [-0.39, 0.29) is 36.4 Å². The highest BCUT2D eigenvalue weighted by atomic mass is 16.3. The largest absolute Gasteiger partial charge is 0.459 e. The molecule has 2 aromatic carbocycles. The topological polar surface area (TPSA) is 109 Å². The van der Waals surface area contributed by atoms with Crippen LogP contribution in [0.5, 0.6) is 0 Å². The smallest absolute Gasteiger partial charge is 0.287 e. The molecule has 4 rings (SSSR count). The molecule has 8 nitrogen and oxygen atoms in total. The number of benzene rings is 2. The van der Waals surface area contributed by atoms with Gasteiger partial charge in [0.15, 0.2) is 5.76 Å². The van der Waals surface area contributed by atoms with Gasteiger partial charge < -0.3 is 15.1 Å². The molecule has 8 heteroatoms. The first-order chi connectivity index (χ1) is 15.6. The molecule has 1 aliphatic heterocycles. The van der Waals surface area contributed by atoms with E-state index in [0.717, 1.165) is 10.5 Å². The summed E-state index contributed by atoms with van der Waals surface area (Å²) in [6.45, 7) is 0.283. The Balaban J connectivity index is 1.46. The summed E-state index contributed by atoms with van der Waals surface area (Å²) in [5, 5.41) is 5.35. The standard InChI is InChI=1S/C24H21N3O5/c28-21(25-12-13-26-22(29)20-11-6-14-32-20)19(15-16-7-2-1-3-8-16)27-23(30)17-9-4-5-10-18(17)24(27)31/h1-11,14,19H,12-13,15H2,(H,25,28)(H,26,29). The Hall–Kier alpha value is -4.20. The average molecular weight is 431 g/mol. The van der Waals surface area contributed by atoms with Gasteiger partial charge in [-0.1, -0.05) is 42.5 Å². The van der Waals surface area contributed by atoms with E-state index in [1.54, 1.807) is 30.3 Å². The van der Waals surface area contributed by atoms with Gasteiger partial charge in [-0.15, -0.1) is 0 Å². The van der Waals surface area contributed by atoms with Crippen LogP contribution in [0.3, 0.4) is 0 Å². The second kappa shape index (κ2) is 9.30. The number of hydrogen-bond acceptors (Lipinski definition) is 5. The third-order valence-electron chi connectivity index (χ3n) is 5.17. The second-order valence-electron chi connectivity index (χ2n) is 7.26. The molecule has 0 saturated heterocycles. The Morgan fingerprint density at radius 2 is 1.44 bits per heavy atom. The Morgan fingerprint density at radius 1 is 0.812 bits per heavy atom. The molecule has 162 valence electrons. The number of fused-ring (bicyclic) bond motifs is 1. The van der Waals surface area contributed by atoms with E-state index >= 15 is 0 Å². The minimum atomic E-state index is -1.02. The van der Waals surface area contributed by atoms with Gasteiger partial charge in [0.2, 0.25) is 5.91 Å². The molecule has 1 aliphatic rings. The lowest BCUT2D eigenvalue weighted by molar-refractivity contribution is -0.125. The van der Waals surface area contributed by atoms with Gasteiger partial charge in [-0.2, -0.15) is 0 Å². The molecule has 0 fully saturated rings. The van der Waals surface area contributed by atoms with Crippen LogP contribution in [-0.2, 0) is 11.2 Å². The summed E-state index contributed by atoms with van der Waals surface area (Å²) < 4.78 is 5.02. The number of rotatable bonds is 8. The van der Waals surface area contributed by atoms with Crippen LogP contribution in [0.25, 0.3) is 0 Å². The number of imide groups is 1. The van der Waals surface area contributed by atoms with Crippen molar-refractivity contribution >= 4 is 23.6 Å². The molecule has 1 aromatic heterocycles. The maximum absolute atomic E-state index is 13.1. The first-order valence-corrected chi connectivity index (χ1v) is 10.2. The fraction of sp³-hybridized carbons (Fsp3) is 0.167. The average Bonchev–Trinajstić information content (AvgIpc) is 3.44. The zero-order valence-electron chi connectivity index (χ0n) is 17.1. The summed E-state index contributed by atoms with van der Waals surface area (Å²) in [5.74, 6) is -1.69. The number of hydrogen-bond donors (Lipinski definition) is 2. The third-order valence-corrected chi connectivity index (χ3v) is 5.17. The van der Waals surface area contributed by atoms with Crippen molar-refractivity contribution in [2.45, 2.75) is 12.5 Å². The van der Waals surface area contributed by atoms with E-state index in [1.807, 2.05) is 30.3 Å². The fourth-order valence-corrected chi connectivity index (χ4v) is 3.60. The normalized spacial score (nSPS) is 13.6. The second-order valence-corrected chi connectivity index (χ2v) is 7.26. The zero-order chi connectivity index (χ0) is 22.5. The molecule has 2 N–H and O–H groups in total. The molecule has 2 heterocycles. The summed E-state index contributed by atoms with van der Waals surface area (Å²) >= 11 is 0. The van der Waals surface area contributed by atoms with E-state index in [9.17, 15) is 19.2 Å². The maximum Gasteiger partial charge on any atom is 0.287 e. The zero-order valence-corrected chi connectivity index (χ0v) is 17.1. The molecule has 3 aromatic rings. The first-order valence-electron chi connectivity index (χ1n) is 10.2. The lowest BCUT2D eigenvalue weighted by Crippen LogP contribution is -2.51. The van der Waals surface area contributed by atoms with Crippen LogP contribution in [-0.4, -0.2) is 47.7 Å². The van der Waals surface area contributed by atoms with Gasteiger partial charge in [-0.3, -0.25) is 24.1 Å². The third kappa shape index (κ3) is 4.29. The molecule has 0 radical (unpaired) electrons. The highest BCUT2D eigenvalue weighted by Gasteiger charge is 2.42. The van der Waals surface area contributed by atoms with Crippen LogP contribution in [0.2, 0.25) is 0 Å². The minimum absolute atomic E-state index is 0.125. The van der Waals surface area contributed by atoms with Crippen LogP contribution in [0, 0.1) is 0 Å². The van der Waals surface area contributed by atoms with Gasteiger partial charge >= 0.3 is 0 Å². The van der Waals surface area contributed by atoms with Crippen molar-refractivity contribution in [2.24, 2.45) is 0 Å². The van der Waals surface area contributed by atoms with Crippen LogP contribution in [0.4, 0.5) is 0 Å². The summed E-state index contributed by atoms with van der Waals surface area (Å²) in [7, 11) is 0. The number of carbonyl (C=O) groups excluding carboxylic acids is 4. The van der Waals surface area contributed by atoms with Gasteiger partial charge in [0.25, 0.3) is 17.7 Å². The Bertz CT molecular complexity index is 1110. The van der Waals surface area contributed by atoms with E-state index < -0.39 is 29.7 Å². The lowest BCUT2D eigenvalue weighted by atomic mass is 10.0. The van der Waals surface area contributed by atoms with Gasteiger partial charge in [0.1, 0.15) is 6.04 Å². The van der Waals surface area contributed by atoms with Crippen LogP contribution >= 0.6 is 0 Å². The number of nitrogens with zero attached hydrogens (tertiary/aromatic N) is 1. The maximum atomic E-state index is 13.1. The molecular formula is C24H21N3O5.